The van der Waals surface area contributed by atoms with Crippen molar-refractivity contribution in [3.8, 4) is 6.07 Å². The Balaban J connectivity index is 1.18. The number of carbonyl (C=O) groups excluding carboxylic acids is 1. The fourth-order valence-corrected chi connectivity index (χ4v) is 5.71. The molecule has 10 heteroatoms. The first-order valence-corrected chi connectivity index (χ1v) is 14.5. The van der Waals surface area contributed by atoms with Gasteiger partial charge in [-0.2, -0.15) is 5.26 Å². The van der Waals surface area contributed by atoms with Crippen LogP contribution in [0.1, 0.15) is 52.0 Å². The fraction of sp³-hybridized carbons (Fsp3) is 0.438. The molecule has 220 valence electrons. The molecule has 2 aliphatic heterocycles. The van der Waals surface area contributed by atoms with Crippen LogP contribution < -0.4 is 16.0 Å². The first-order chi connectivity index (χ1) is 20.4. The molecule has 5 rings (SSSR count). The first-order valence-electron chi connectivity index (χ1n) is 14.5. The first kappa shape index (κ1) is 29.4. The predicted octanol–water partition coefficient (Wildman–Crippen LogP) is 3.72. The van der Waals surface area contributed by atoms with Gasteiger partial charge in [0.15, 0.2) is 0 Å². The third-order valence-electron chi connectivity index (χ3n) is 8.30. The number of primary amides is 1. The Hall–Kier alpha value is -4.07. The average molecular weight is 572 g/mol. The Labute approximate surface area is 246 Å². The van der Waals surface area contributed by atoms with Crippen LogP contribution in [-0.2, 0) is 17.6 Å². The van der Waals surface area contributed by atoms with Gasteiger partial charge in [-0.25, -0.2) is 9.37 Å². The fourth-order valence-electron chi connectivity index (χ4n) is 5.71. The van der Waals surface area contributed by atoms with E-state index in [1.165, 1.54) is 18.0 Å². The summed E-state index contributed by atoms with van der Waals surface area (Å²) in [5, 5.41) is 12.2. The molecule has 2 aromatic heterocycles. The van der Waals surface area contributed by atoms with Gasteiger partial charge in [0, 0.05) is 57.8 Å². The highest BCUT2D eigenvalue weighted by Crippen LogP contribution is 2.26. The number of methoxy groups -OCH3 is 1. The van der Waals surface area contributed by atoms with Crippen molar-refractivity contribution < 1.29 is 13.9 Å². The topological polar surface area (TPSA) is 120 Å². The number of alkyl halides is 1. The number of hydrogen-bond acceptors (Lipinski definition) is 8. The van der Waals surface area contributed by atoms with Crippen LogP contribution in [0.15, 0.2) is 54.9 Å². The number of ether oxygens (including phenoxy) is 1. The van der Waals surface area contributed by atoms with E-state index in [1.807, 2.05) is 11.0 Å². The van der Waals surface area contributed by atoms with Crippen molar-refractivity contribution in [3.63, 3.8) is 0 Å². The van der Waals surface area contributed by atoms with Crippen molar-refractivity contribution in [2.75, 3.05) is 50.1 Å². The number of nitrogens with zero attached hydrogens (tertiary/aromatic N) is 5. The van der Waals surface area contributed by atoms with Gasteiger partial charge in [-0.05, 0) is 55.0 Å². The highest BCUT2D eigenvalue weighted by atomic mass is 19.1. The zero-order valence-electron chi connectivity index (χ0n) is 24.0. The summed E-state index contributed by atoms with van der Waals surface area (Å²) in [6.07, 6.45) is 6.44. The van der Waals surface area contributed by atoms with E-state index in [0.29, 0.717) is 42.6 Å². The van der Waals surface area contributed by atoms with Crippen LogP contribution in [0.4, 0.5) is 15.9 Å². The van der Waals surface area contributed by atoms with Gasteiger partial charge < -0.3 is 25.6 Å². The smallest absolute Gasteiger partial charge is 0.252 e. The molecule has 0 radical (unpaired) electrons. The Morgan fingerprint density at radius 3 is 2.50 bits per heavy atom. The summed E-state index contributed by atoms with van der Waals surface area (Å²) < 4.78 is 20.8. The largest absolute Gasteiger partial charge is 0.381 e. The van der Waals surface area contributed by atoms with Crippen molar-refractivity contribution in [2.45, 2.75) is 50.4 Å². The van der Waals surface area contributed by atoms with Crippen molar-refractivity contribution in [1.29, 1.82) is 5.26 Å². The van der Waals surface area contributed by atoms with Gasteiger partial charge >= 0.3 is 0 Å². The normalized spacial score (nSPS) is 19.8. The highest BCUT2D eigenvalue weighted by molar-refractivity contribution is 5.98. The molecule has 2 atom stereocenters. The summed E-state index contributed by atoms with van der Waals surface area (Å²) in [6, 6.07) is 15.3. The lowest BCUT2D eigenvalue weighted by molar-refractivity contribution is 0.0415. The number of carbonyl (C=O) groups is 1. The lowest BCUT2D eigenvalue weighted by atomic mass is 10.0. The average Bonchev–Trinajstić information content (AvgIpc) is 3.02. The van der Waals surface area contributed by atoms with Gasteiger partial charge in [-0.15, -0.1) is 0 Å². The number of piperidine rings is 2. The van der Waals surface area contributed by atoms with Gasteiger partial charge in [-0.1, -0.05) is 24.3 Å². The molecule has 9 nitrogen and oxygen atoms in total. The van der Waals surface area contributed by atoms with Crippen LogP contribution >= 0.6 is 0 Å². The monoisotopic (exact) mass is 571 g/mol. The summed E-state index contributed by atoms with van der Waals surface area (Å²) in [4.78, 5) is 25.3. The minimum Gasteiger partial charge on any atom is -0.381 e. The number of nitrogens with two attached hydrogens (primary N) is 1. The second-order valence-electron chi connectivity index (χ2n) is 11.1. The maximum absolute atomic E-state index is 15.3. The molecule has 0 bridgehead atoms. The van der Waals surface area contributed by atoms with Crippen molar-refractivity contribution >= 4 is 17.4 Å². The SMILES string of the molecule is COC1CCN(CCc2ccc(Cc3cc(N[C@@H]4CCN(c5ccc(C#N)cn5)C[C@@H]4F)c(C(N)=O)cn3)cc2)CC1. The van der Waals surface area contributed by atoms with Crippen LogP contribution in [0.5, 0.6) is 0 Å². The van der Waals surface area contributed by atoms with E-state index in [4.69, 9.17) is 15.7 Å². The van der Waals surface area contributed by atoms with Gasteiger partial charge in [-0.3, -0.25) is 9.78 Å². The predicted molar refractivity (Wildman–Crippen MR) is 160 cm³/mol. The van der Waals surface area contributed by atoms with Crippen LogP contribution in [0, 0.1) is 11.3 Å². The maximum atomic E-state index is 15.3. The summed E-state index contributed by atoms with van der Waals surface area (Å²) in [7, 11) is 1.79. The molecule has 1 amide bonds. The van der Waals surface area contributed by atoms with Gasteiger partial charge in [0.1, 0.15) is 18.1 Å². The van der Waals surface area contributed by atoms with Crippen LogP contribution in [0.3, 0.4) is 0 Å². The van der Waals surface area contributed by atoms with E-state index in [2.05, 4.69) is 44.5 Å². The van der Waals surface area contributed by atoms with Crippen molar-refractivity contribution in [1.82, 2.24) is 14.9 Å². The number of benzene rings is 1. The molecule has 0 aliphatic carbocycles. The Morgan fingerprint density at radius 1 is 1.10 bits per heavy atom. The summed E-state index contributed by atoms with van der Waals surface area (Å²) in [5.74, 6) is 0.0267. The Morgan fingerprint density at radius 2 is 1.86 bits per heavy atom. The van der Waals surface area contributed by atoms with Gasteiger partial charge in [0.25, 0.3) is 5.91 Å². The molecule has 2 aliphatic rings. The number of hydrogen-bond donors (Lipinski definition) is 2. The standard InChI is InChI=1S/C32H38FN7O2/c1-42-26-9-13-39(14-10-26)12-8-22-2-4-23(5-3-22)16-25-17-30(27(20-36-25)32(35)41)38-29-11-15-40(21-28(29)33)31-7-6-24(18-34)19-37-31/h2-7,17,19-20,26,28-29H,8-16,21H2,1H3,(H2,35,41)(H,36,38)/t28-,29+/m0/s1. The van der Waals surface area contributed by atoms with E-state index < -0.39 is 18.1 Å². The quantitative estimate of drug-likeness (QED) is 0.378. The lowest BCUT2D eigenvalue weighted by Crippen LogP contribution is -2.48. The number of nitrogens with one attached hydrogen (secondary N) is 1. The van der Waals surface area contributed by atoms with Crippen LogP contribution in [-0.4, -0.2) is 78.9 Å². The lowest BCUT2D eigenvalue weighted by Gasteiger charge is -2.36. The molecule has 0 saturated carbocycles. The van der Waals surface area contributed by atoms with E-state index in [9.17, 15) is 4.79 Å². The minimum atomic E-state index is -1.20. The van der Waals surface area contributed by atoms with Crippen molar-refractivity contribution in [3.05, 3.63) is 82.8 Å². The molecule has 3 N–H and O–H groups in total. The zero-order chi connectivity index (χ0) is 29.5. The number of anilines is 2. The number of amides is 1. The second-order valence-corrected chi connectivity index (χ2v) is 11.1. The van der Waals surface area contributed by atoms with Gasteiger partial charge in [0.05, 0.1) is 35.5 Å². The number of nitriles is 1. The Kier molecular flexibility index (Phi) is 9.62. The molecule has 42 heavy (non-hydrogen) atoms. The third kappa shape index (κ3) is 7.41. The Bertz CT molecular complexity index is 1390. The molecule has 0 spiro atoms. The number of rotatable bonds is 10. The van der Waals surface area contributed by atoms with E-state index in [1.54, 1.807) is 25.3 Å². The van der Waals surface area contributed by atoms with Crippen LogP contribution in [0.25, 0.3) is 0 Å². The van der Waals surface area contributed by atoms with Gasteiger partial charge in [0.2, 0.25) is 0 Å². The number of pyridine rings is 2. The molecule has 4 heterocycles. The number of likely N-dealkylation sites (tertiary alicyclic amines) is 1. The van der Waals surface area contributed by atoms with E-state index in [-0.39, 0.29) is 12.1 Å². The van der Waals surface area contributed by atoms with Crippen molar-refractivity contribution in [2.24, 2.45) is 5.73 Å². The highest BCUT2D eigenvalue weighted by Gasteiger charge is 2.31. The van der Waals surface area contributed by atoms with Crippen LogP contribution in [0.2, 0.25) is 0 Å². The molecule has 1 aromatic carbocycles. The van der Waals surface area contributed by atoms with E-state index >= 15 is 4.39 Å². The van der Waals surface area contributed by atoms with E-state index in [0.717, 1.165) is 50.2 Å². The summed E-state index contributed by atoms with van der Waals surface area (Å²) >= 11 is 0. The number of aromatic nitrogens is 2. The minimum absolute atomic E-state index is 0.151. The molecular formula is C32H38FN7O2. The molecule has 3 aromatic rings. The maximum Gasteiger partial charge on any atom is 0.252 e. The molecule has 2 saturated heterocycles. The summed E-state index contributed by atoms with van der Waals surface area (Å²) in [5.41, 5.74) is 10.0. The summed E-state index contributed by atoms with van der Waals surface area (Å²) in [6.45, 7) is 3.93. The second kappa shape index (κ2) is 13.7. The number of halogens is 1. The molecule has 0 unspecified atom stereocenters. The molecule has 2 fully saturated rings. The molecular weight excluding hydrogens is 533 g/mol. The third-order valence-corrected chi connectivity index (χ3v) is 8.30. The zero-order valence-corrected chi connectivity index (χ0v) is 24.0.